The largest absolute Gasteiger partial charge is 0.281 e. The first-order valence-corrected chi connectivity index (χ1v) is 5.79. The average Bonchev–Trinajstić information content (AvgIpc) is 2.79. The molecule has 18 heavy (non-hydrogen) atoms. The molecule has 90 valence electrons. The highest BCUT2D eigenvalue weighted by Gasteiger charge is 2.26. The summed E-state index contributed by atoms with van der Waals surface area (Å²) >= 11 is 0. The third-order valence-electron chi connectivity index (χ3n) is 3.27. The summed E-state index contributed by atoms with van der Waals surface area (Å²) in [4.78, 5) is 12.3. The number of aromatic nitrogens is 1. The molecule has 1 aliphatic rings. The van der Waals surface area contributed by atoms with E-state index >= 15 is 0 Å². The van der Waals surface area contributed by atoms with E-state index < -0.39 is 0 Å². The van der Waals surface area contributed by atoms with E-state index in [4.69, 9.17) is 0 Å². The molecule has 0 bridgehead atoms. The van der Waals surface area contributed by atoms with E-state index in [9.17, 15) is 9.18 Å². The summed E-state index contributed by atoms with van der Waals surface area (Å²) in [5.74, 6) is -0.410. The summed E-state index contributed by atoms with van der Waals surface area (Å²) in [6, 6.07) is 8.11. The molecule has 3 rings (SSSR count). The van der Waals surface area contributed by atoms with Gasteiger partial charge in [0.2, 0.25) is 0 Å². The number of benzene rings is 1. The fourth-order valence-electron chi connectivity index (χ4n) is 2.45. The second-order valence-electron chi connectivity index (χ2n) is 4.56. The van der Waals surface area contributed by atoms with Gasteiger partial charge in [0.25, 0.3) is 5.91 Å². The second-order valence-corrected chi connectivity index (χ2v) is 4.56. The van der Waals surface area contributed by atoms with E-state index in [-0.39, 0.29) is 11.7 Å². The van der Waals surface area contributed by atoms with Crippen molar-refractivity contribution in [1.29, 1.82) is 0 Å². The fraction of sp³-hybridized carbons (Fsp3) is 0.133. The quantitative estimate of drug-likeness (QED) is 0.749. The first-order valence-electron chi connectivity index (χ1n) is 5.79. The Balaban J connectivity index is 2.15. The lowest BCUT2D eigenvalue weighted by Gasteiger charge is -2.04. The molecule has 0 aliphatic carbocycles. The Morgan fingerprint density at radius 1 is 1.17 bits per heavy atom. The number of carbonyl (C=O) groups is 1. The molecule has 1 aromatic carbocycles. The lowest BCUT2D eigenvalue weighted by atomic mass is 10.1. The van der Waals surface area contributed by atoms with Gasteiger partial charge in [0, 0.05) is 11.3 Å². The number of aryl methyl sites for hydroxylation is 2. The van der Waals surface area contributed by atoms with Crippen LogP contribution in [-0.2, 0) is 0 Å². The maximum atomic E-state index is 13.2. The third-order valence-corrected chi connectivity index (χ3v) is 3.27. The van der Waals surface area contributed by atoms with Crippen molar-refractivity contribution in [3.05, 3.63) is 58.7 Å². The predicted octanol–water partition coefficient (Wildman–Crippen LogP) is 3.44. The molecule has 2 heterocycles. The highest BCUT2D eigenvalue weighted by atomic mass is 19.1. The number of hydrogen-bond acceptors (Lipinski definition) is 1. The zero-order chi connectivity index (χ0) is 12.9. The summed E-state index contributed by atoms with van der Waals surface area (Å²) in [5, 5.41) is 0. The molecule has 1 aromatic heterocycles. The average molecular weight is 241 g/mol. The van der Waals surface area contributed by atoms with Crippen LogP contribution in [-0.4, -0.2) is 10.5 Å². The van der Waals surface area contributed by atoms with Crippen LogP contribution in [0, 0.1) is 19.7 Å². The summed E-state index contributed by atoms with van der Waals surface area (Å²) < 4.78 is 14.9. The number of carbonyl (C=O) groups excluding carboxylic acids is 1. The van der Waals surface area contributed by atoms with E-state index in [1.165, 1.54) is 12.1 Å². The van der Waals surface area contributed by atoms with E-state index in [0.29, 0.717) is 11.1 Å². The van der Waals surface area contributed by atoms with Gasteiger partial charge in [-0.15, -0.1) is 0 Å². The fourth-order valence-corrected chi connectivity index (χ4v) is 2.45. The molecule has 2 aromatic rings. The normalized spacial score (nSPS) is 13.7. The van der Waals surface area contributed by atoms with Crippen molar-refractivity contribution in [1.82, 2.24) is 4.57 Å². The Morgan fingerprint density at radius 2 is 1.94 bits per heavy atom. The summed E-state index contributed by atoms with van der Waals surface area (Å²) in [7, 11) is 0. The number of hydrogen-bond donors (Lipinski definition) is 0. The van der Waals surface area contributed by atoms with Crippen LogP contribution in [0.2, 0.25) is 0 Å². The van der Waals surface area contributed by atoms with Crippen molar-refractivity contribution >= 4 is 17.6 Å². The van der Waals surface area contributed by atoms with Crippen LogP contribution in [0.5, 0.6) is 0 Å². The first-order chi connectivity index (χ1) is 8.58. The number of nitrogens with zero attached hydrogens (tertiary/aromatic N) is 1. The van der Waals surface area contributed by atoms with Crippen LogP contribution in [0.25, 0.3) is 11.6 Å². The minimum absolute atomic E-state index is 0.0822. The molecule has 0 N–H and O–H groups in total. The van der Waals surface area contributed by atoms with E-state index in [1.54, 1.807) is 16.7 Å². The maximum absolute atomic E-state index is 13.2. The molecule has 0 atom stereocenters. The van der Waals surface area contributed by atoms with Crippen LogP contribution in [0.15, 0.2) is 30.3 Å². The van der Waals surface area contributed by atoms with E-state index in [2.05, 4.69) is 0 Å². The number of allylic oxidation sites excluding steroid dienone is 1. The Labute approximate surface area is 104 Å². The van der Waals surface area contributed by atoms with Crippen molar-refractivity contribution in [2.24, 2.45) is 0 Å². The van der Waals surface area contributed by atoms with Crippen LogP contribution in [0.4, 0.5) is 4.39 Å². The Hall–Kier alpha value is -2.16. The molecule has 0 saturated heterocycles. The van der Waals surface area contributed by atoms with Crippen LogP contribution >= 0.6 is 0 Å². The van der Waals surface area contributed by atoms with Gasteiger partial charge in [-0.25, -0.2) is 4.39 Å². The molecule has 0 spiro atoms. The molecule has 0 amide bonds. The minimum atomic E-state index is -0.328. The molecule has 0 radical (unpaired) electrons. The van der Waals surface area contributed by atoms with Crippen molar-refractivity contribution < 1.29 is 9.18 Å². The Kier molecular flexibility index (Phi) is 2.23. The van der Waals surface area contributed by atoms with Gasteiger partial charge in [0.1, 0.15) is 5.82 Å². The summed E-state index contributed by atoms with van der Waals surface area (Å²) in [5.41, 5.74) is 4.05. The van der Waals surface area contributed by atoms with Crippen LogP contribution in [0.1, 0.15) is 27.3 Å². The van der Waals surface area contributed by atoms with E-state index in [0.717, 1.165) is 17.0 Å². The van der Waals surface area contributed by atoms with Crippen molar-refractivity contribution in [3.8, 4) is 0 Å². The monoisotopic (exact) mass is 241 g/mol. The molecule has 0 fully saturated rings. The van der Waals surface area contributed by atoms with Gasteiger partial charge in [-0.1, -0.05) is 12.1 Å². The van der Waals surface area contributed by atoms with Gasteiger partial charge in [-0.05, 0) is 49.2 Å². The number of fused-ring (bicyclic) bond motifs is 1. The lowest BCUT2D eigenvalue weighted by Crippen LogP contribution is -2.09. The smallest absolute Gasteiger partial charge is 0.263 e. The highest BCUT2D eigenvalue weighted by Crippen LogP contribution is 2.31. The van der Waals surface area contributed by atoms with Gasteiger partial charge in [-0.3, -0.25) is 9.36 Å². The predicted molar refractivity (Wildman–Crippen MR) is 68.8 cm³/mol. The second kappa shape index (κ2) is 3.67. The van der Waals surface area contributed by atoms with Crippen molar-refractivity contribution in [3.63, 3.8) is 0 Å². The molecular formula is C15H12FNO. The van der Waals surface area contributed by atoms with Crippen LogP contribution in [0.3, 0.4) is 0 Å². The van der Waals surface area contributed by atoms with Gasteiger partial charge in [0.15, 0.2) is 0 Å². The summed E-state index contributed by atoms with van der Waals surface area (Å²) in [6.45, 7) is 3.87. The van der Waals surface area contributed by atoms with Gasteiger partial charge < -0.3 is 0 Å². The molecule has 0 saturated carbocycles. The molecule has 2 nitrogen and oxygen atoms in total. The van der Waals surface area contributed by atoms with E-state index in [1.807, 2.05) is 26.0 Å². The minimum Gasteiger partial charge on any atom is -0.281 e. The molecule has 0 unspecified atom stereocenters. The Morgan fingerprint density at radius 3 is 2.61 bits per heavy atom. The summed E-state index contributed by atoms with van der Waals surface area (Å²) in [6.07, 6.45) is 1.83. The molecule has 3 heteroatoms. The SMILES string of the molecule is Cc1cc(C)n2c1C=C(c1cccc(F)c1)C2=O. The van der Waals surface area contributed by atoms with Gasteiger partial charge in [-0.2, -0.15) is 0 Å². The zero-order valence-corrected chi connectivity index (χ0v) is 10.2. The van der Waals surface area contributed by atoms with Gasteiger partial charge >= 0.3 is 0 Å². The number of rotatable bonds is 1. The maximum Gasteiger partial charge on any atom is 0.263 e. The Bertz CT molecular complexity index is 695. The van der Waals surface area contributed by atoms with Crippen molar-refractivity contribution in [2.45, 2.75) is 13.8 Å². The van der Waals surface area contributed by atoms with Crippen molar-refractivity contribution in [2.75, 3.05) is 0 Å². The molecule has 1 aliphatic heterocycles. The van der Waals surface area contributed by atoms with Gasteiger partial charge in [0.05, 0.1) is 5.69 Å². The third kappa shape index (κ3) is 1.44. The topological polar surface area (TPSA) is 22.0 Å². The highest BCUT2D eigenvalue weighted by molar-refractivity contribution is 6.29. The van der Waals surface area contributed by atoms with Crippen LogP contribution < -0.4 is 0 Å². The number of halogens is 1. The zero-order valence-electron chi connectivity index (χ0n) is 10.2. The molecular weight excluding hydrogens is 229 g/mol. The first kappa shape index (κ1) is 11.0. The lowest BCUT2D eigenvalue weighted by molar-refractivity contribution is 0.0982. The standard InChI is InChI=1S/C15H12FNO/c1-9-6-10(2)17-14(9)8-13(15(17)18)11-4-3-5-12(16)7-11/h3-8H,1-2H3.